The van der Waals surface area contributed by atoms with Crippen LogP contribution in [-0.2, 0) is 14.8 Å². The minimum atomic E-state index is -3.56. The Morgan fingerprint density at radius 2 is 2.10 bits per heavy atom. The molecule has 2 atom stereocenters. The quantitative estimate of drug-likeness (QED) is 0.842. The molecular weight excluding hydrogens is 310 g/mol. The van der Waals surface area contributed by atoms with Gasteiger partial charge in [0.2, 0.25) is 10.0 Å². The van der Waals surface area contributed by atoms with Crippen LogP contribution in [0.3, 0.4) is 0 Å². The van der Waals surface area contributed by atoms with Gasteiger partial charge in [-0.3, -0.25) is 0 Å². The van der Waals surface area contributed by atoms with Crippen molar-refractivity contribution in [1.82, 2.24) is 4.72 Å². The van der Waals surface area contributed by atoms with Crippen molar-refractivity contribution in [2.75, 3.05) is 7.11 Å². The summed E-state index contributed by atoms with van der Waals surface area (Å²) in [4.78, 5) is 11.7. The molecule has 2 unspecified atom stereocenters. The molecule has 0 aliphatic heterocycles. The van der Waals surface area contributed by atoms with Crippen molar-refractivity contribution in [3.63, 3.8) is 0 Å². The number of methoxy groups -OCH3 is 1. The van der Waals surface area contributed by atoms with E-state index in [0.717, 1.165) is 37.0 Å². The number of ether oxygens (including phenoxy) is 1. The molecule has 7 heteroatoms. The Morgan fingerprint density at radius 3 is 2.76 bits per heavy atom. The molecule has 1 aliphatic carbocycles. The van der Waals surface area contributed by atoms with Gasteiger partial charge in [-0.25, -0.2) is 17.9 Å². The van der Waals surface area contributed by atoms with Gasteiger partial charge in [-0.15, -0.1) is 11.3 Å². The molecule has 1 aromatic rings. The van der Waals surface area contributed by atoms with Crippen LogP contribution in [-0.4, -0.2) is 27.5 Å². The first-order valence-electron chi connectivity index (χ1n) is 7.18. The first-order chi connectivity index (χ1) is 9.97. The van der Waals surface area contributed by atoms with E-state index in [1.165, 1.54) is 25.7 Å². The monoisotopic (exact) mass is 331 g/mol. The molecule has 21 heavy (non-hydrogen) atoms. The Kier molecular flexibility index (Phi) is 5.40. The minimum Gasteiger partial charge on any atom is -0.465 e. The normalized spacial score (nSPS) is 23.0. The molecular formula is C14H21NO4S2. The van der Waals surface area contributed by atoms with Crippen molar-refractivity contribution in [2.45, 2.75) is 49.3 Å². The highest BCUT2D eigenvalue weighted by Crippen LogP contribution is 2.29. The number of hydrogen-bond donors (Lipinski definition) is 1. The molecule has 1 aliphatic rings. The van der Waals surface area contributed by atoms with Gasteiger partial charge in [0.25, 0.3) is 0 Å². The van der Waals surface area contributed by atoms with E-state index in [1.54, 1.807) is 0 Å². The van der Waals surface area contributed by atoms with Gasteiger partial charge >= 0.3 is 5.97 Å². The molecule has 0 bridgehead atoms. The van der Waals surface area contributed by atoms with Crippen LogP contribution in [0.1, 0.15) is 48.7 Å². The van der Waals surface area contributed by atoms with Crippen LogP contribution in [0.2, 0.25) is 0 Å². The third-order valence-electron chi connectivity index (χ3n) is 3.97. The molecule has 2 rings (SSSR count). The summed E-state index contributed by atoms with van der Waals surface area (Å²) in [6.07, 6.45) is 5.16. The van der Waals surface area contributed by atoms with Crippen LogP contribution in [0.15, 0.2) is 16.3 Å². The second-order valence-corrected chi connectivity index (χ2v) is 8.32. The van der Waals surface area contributed by atoms with E-state index in [9.17, 15) is 13.2 Å². The van der Waals surface area contributed by atoms with Crippen molar-refractivity contribution in [1.29, 1.82) is 0 Å². The van der Waals surface area contributed by atoms with Crippen LogP contribution in [0, 0.1) is 5.92 Å². The molecule has 0 aromatic carbocycles. The topological polar surface area (TPSA) is 72.5 Å². The van der Waals surface area contributed by atoms with Gasteiger partial charge in [0.05, 0.1) is 7.11 Å². The van der Waals surface area contributed by atoms with Crippen LogP contribution >= 0.6 is 11.3 Å². The highest BCUT2D eigenvalue weighted by Gasteiger charge is 2.29. The number of hydrogen-bond acceptors (Lipinski definition) is 5. The summed E-state index contributed by atoms with van der Waals surface area (Å²) >= 11 is 0.945. The zero-order valence-corrected chi connectivity index (χ0v) is 13.9. The number of thiophene rings is 1. The molecule has 0 spiro atoms. The number of carbonyl (C=O) groups is 1. The fourth-order valence-electron chi connectivity index (χ4n) is 2.78. The molecule has 118 valence electrons. The van der Waals surface area contributed by atoms with E-state index in [-0.39, 0.29) is 10.3 Å². The Labute approximate surface area is 129 Å². The summed E-state index contributed by atoms with van der Waals surface area (Å²) < 4.78 is 32.5. The third kappa shape index (κ3) is 3.84. The highest BCUT2D eigenvalue weighted by molar-refractivity contribution is 7.91. The van der Waals surface area contributed by atoms with Crippen LogP contribution < -0.4 is 4.72 Å². The van der Waals surface area contributed by atoms with Crippen molar-refractivity contribution in [3.8, 4) is 0 Å². The van der Waals surface area contributed by atoms with E-state index < -0.39 is 16.0 Å². The number of sulfonamides is 1. The maximum atomic E-state index is 12.4. The number of esters is 1. The Bertz CT molecular complexity index is 594. The molecule has 1 aromatic heterocycles. The SMILES string of the molecule is CCC1CCCCC1NS(=O)(=O)c1ccc(C(=O)OC)s1. The van der Waals surface area contributed by atoms with Crippen molar-refractivity contribution < 1.29 is 17.9 Å². The second-order valence-electron chi connectivity index (χ2n) is 5.29. The lowest BCUT2D eigenvalue weighted by Gasteiger charge is -2.31. The number of carbonyl (C=O) groups excluding carboxylic acids is 1. The van der Waals surface area contributed by atoms with Gasteiger partial charge in [-0.05, 0) is 30.9 Å². The zero-order chi connectivity index (χ0) is 15.5. The van der Waals surface area contributed by atoms with Crippen molar-refractivity contribution in [2.24, 2.45) is 5.92 Å². The van der Waals surface area contributed by atoms with Crippen molar-refractivity contribution in [3.05, 3.63) is 17.0 Å². The maximum absolute atomic E-state index is 12.4. The van der Waals surface area contributed by atoms with Gasteiger partial charge in [-0.2, -0.15) is 0 Å². The van der Waals surface area contributed by atoms with Crippen molar-refractivity contribution >= 4 is 27.3 Å². The fraction of sp³-hybridized carbons (Fsp3) is 0.643. The summed E-state index contributed by atoms with van der Waals surface area (Å²) in [5, 5.41) is 0. The Morgan fingerprint density at radius 1 is 1.38 bits per heavy atom. The second kappa shape index (κ2) is 6.89. The molecule has 0 radical (unpaired) electrons. The zero-order valence-electron chi connectivity index (χ0n) is 12.3. The molecule has 1 N–H and O–H groups in total. The summed E-state index contributed by atoms with van der Waals surface area (Å²) in [5.41, 5.74) is 0. The lowest BCUT2D eigenvalue weighted by molar-refractivity contribution is 0.0606. The van der Waals surface area contributed by atoms with Gasteiger partial charge in [0.1, 0.15) is 9.09 Å². The van der Waals surface area contributed by atoms with E-state index in [1.807, 2.05) is 0 Å². The van der Waals surface area contributed by atoms with Gasteiger partial charge in [0, 0.05) is 6.04 Å². The van der Waals surface area contributed by atoms with E-state index in [2.05, 4.69) is 16.4 Å². The number of rotatable bonds is 5. The largest absolute Gasteiger partial charge is 0.465 e. The van der Waals surface area contributed by atoms with E-state index in [0.29, 0.717) is 10.8 Å². The van der Waals surface area contributed by atoms with Crippen LogP contribution in [0.25, 0.3) is 0 Å². The predicted octanol–water partition coefficient (Wildman–Crippen LogP) is 2.78. The standard InChI is InChI=1S/C14H21NO4S2/c1-3-10-6-4-5-7-11(10)15-21(17,18)13-9-8-12(20-13)14(16)19-2/h8-11,15H,3-7H2,1-2H3. The first kappa shape index (κ1) is 16.5. The molecule has 0 saturated heterocycles. The predicted molar refractivity (Wildman–Crippen MR) is 82.0 cm³/mol. The van der Waals surface area contributed by atoms with E-state index >= 15 is 0 Å². The molecule has 5 nitrogen and oxygen atoms in total. The average Bonchev–Trinajstić information content (AvgIpc) is 2.97. The average molecular weight is 331 g/mol. The summed E-state index contributed by atoms with van der Waals surface area (Å²) in [7, 11) is -2.28. The summed E-state index contributed by atoms with van der Waals surface area (Å²) in [6, 6.07) is 2.95. The fourth-order valence-corrected chi connectivity index (χ4v) is 5.36. The van der Waals surface area contributed by atoms with Crippen LogP contribution in [0.4, 0.5) is 0 Å². The van der Waals surface area contributed by atoms with Gasteiger partial charge in [0.15, 0.2) is 0 Å². The molecule has 1 saturated carbocycles. The number of nitrogens with one attached hydrogen (secondary N) is 1. The Balaban J connectivity index is 2.14. The highest BCUT2D eigenvalue weighted by atomic mass is 32.2. The van der Waals surface area contributed by atoms with Gasteiger partial charge < -0.3 is 4.74 Å². The smallest absolute Gasteiger partial charge is 0.348 e. The minimum absolute atomic E-state index is 0.00238. The van der Waals surface area contributed by atoms with Gasteiger partial charge in [-0.1, -0.05) is 26.2 Å². The Hall–Kier alpha value is -0.920. The lowest BCUT2D eigenvalue weighted by atomic mass is 9.83. The molecule has 0 amide bonds. The van der Waals surface area contributed by atoms with E-state index in [4.69, 9.17) is 0 Å². The third-order valence-corrected chi connectivity index (χ3v) is 7.02. The summed E-state index contributed by atoms with van der Waals surface area (Å²) in [5.74, 6) is -0.112. The molecule has 1 heterocycles. The molecule has 1 fully saturated rings. The first-order valence-corrected chi connectivity index (χ1v) is 9.48. The van der Waals surface area contributed by atoms with Crippen LogP contribution in [0.5, 0.6) is 0 Å². The lowest BCUT2D eigenvalue weighted by Crippen LogP contribution is -2.41. The maximum Gasteiger partial charge on any atom is 0.348 e. The summed E-state index contributed by atoms with van der Waals surface area (Å²) in [6.45, 7) is 2.10.